The minimum Gasteiger partial charge on any atom is -0.481 e. The van der Waals surface area contributed by atoms with Crippen molar-refractivity contribution in [2.45, 2.75) is 32.6 Å². The first-order valence-corrected chi connectivity index (χ1v) is 5.59. The molecule has 2 rings (SSSR count). The van der Waals surface area contributed by atoms with Gasteiger partial charge in [-0.1, -0.05) is 11.6 Å². The SMILES string of the molecule is Cc1cocc1CC1=CCCC1CC(=O)O. The first-order valence-electron chi connectivity index (χ1n) is 5.59. The summed E-state index contributed by atoms with van der Waals surface area (Å²) < 4.78 is 5.13. The minimum atomic E-state index is -0.707. The van der Waals surface area contributed by atoms with Gasteiger partial charge in [0.15, 0.2) is 0 Å². The van der Waals surface area contributed by atoms with E-state index in [0.717, 1.165) is 24.8 Å². The Hall–Kier alpha value is -1.51. The predicted octanol–water partition coefficient (Wildman–Crippen LogP) is 2.94. The summed E-state index contributed by atoms with van der Waals surface area (Å²) in [4.78, 5) is 10.7. The molecule has 0 radical (unpaired) electrons. The maximum absolute atomic E-state index is 10.7. The van der Waals surface area contributed by atoms with Crippen molar-refractivity contribution in [3.8, 4) is 0 Å². The molecule has 86 valence electrons. The average Bonchev–Trinajstić information content (AvgIpc) is 2.78. The van der Waals surface area contributed by atoms with E-state index in [-0.39, 0.29) is 12.3 Å². The van der Waals surface area contributed by atoms with Crippen molar-refractivity contribution in [2.24, 2.45) is 5.92 Å². The largest absolute Gasteiger partial charge is 0.481 e. The molecule has 0 saturated carbocycles. The van der Waals surface area contributed by atoms with E-state index >= 15 is 0 Å². The third-order valence-electron chi connectivity index (χ3n) is 3.22. The highest BCUT2D eigenvalue weighted by atomic mass is 16.4. The van der Waals surface area contributed by atoms with Crippen molar-refractivity contribution in [3.63, 3.8) is 0 Å². The zero-order valence-electron chi connectivity index (χ0n) is 9.40. The van der Waals surface area contributed by atoms with Crippen LogP contribution in [0.4, 0.5) is 0 Å². The lowest BCUT2D eigenvalue weighted by Gasteiger charge is -2.12. The van der Waals surface area contributed by atoms with E-state index in [1.807, 2.05) is 6.92 Å². The second kappa shape index (κ2) is 4.56. The Kier molecular flexibility index (Phi) is 3.13. The summed E-state index contributed by atoms with van der Waals surface area (Å²) in [6.07, 6.45) is 8.73. The van der Waals surface area contributed by atoms with E-state index in [4.69, 9.17) is 9.52 Å². The van der Waals surface area contributed by atoms with Gasteiger partial charge in [-0.15, -0.1) is 0 Å². The summed E-state index contributed by atoms with van der Waals surface area (Å²) in [7, 11) is 0. The number of aryl methyl sites for hydroxylation is 1. The van der Waals surface area contributed by atoms with Crippen LogP contribution in [0.2, 0.25) is 0 Å². The van der Waals surface area contributed by atoms with E-state index in [1.54, 1.807) is 12.5 Å². The zero-order valence-corrected chi connectivity index (χ0v) is 9.40. The number of carbonyl (C=O) groups is 1. The van der Waals surface area contributed by atoms with E-state index < -0.39 is 5.97 Å². The molecule has 1 N–H and O–H groups in total. The number of carboxylic acids is 1. The highest BCUT2D eigenvalue weighted by Crippen LogP contribution is 2.31. The molecule has 0 aromatic carbocycles. The summed E-state index contributed by atoms with van der Waals surface area (Å²) in [6.45, 7) is 2.01. The fourth-order valence-electron chi connectivity index (χ4n) is 2.27. The fourth-order valence-corrected chi connectivity index (χ4v) is 2.27. The van der Waals surface area contributed by atoms with Crippen LogP contribution in [0.1, 0.15) is 30.4 Å². The number of hydrogen-bond donors (Lipinski definition) is 1. The molecule has 1 aromatic rings. The van der Waals surface area contributed by atoms with Gasteiger partial charge in [-0.05, 0) is 43.2 Å². The van der Waals surface area contributed by atoms with Crippen LogP contribution in [-0.4, -0.2) is 11.1 Å². The van der Waals surface area contributed by atoms with Crippen LogP contribution < -0.4 is 0 Å². The van der Waals surface area contributed by atoms with Gasteiger partial charge >= 0.3 is 5.97 Å². The maximum Gasteiger partial charge on any atom is 0.303 e. The second-order valence-corrected chi connectivity index (χ2v) is 4.41. The molecular formula is C13H16O3. The van der Waals surface area contributed by atoms with Gasteiger partial charge in [0.2, 0.25) is 0 Å². The van der Waals surface area contributed by atoms with Crippen LogP contribution in [0.5, 0.6) is 0 Å². The van der Waals surface area contributed by atoms with Crippen molar-refractivity contribution in [3.05, 3.63) is 35.3 Å². The number of carboxylic acid groups (broad SMARTS) is 1. The van der Waals surface area contributed by atoms with Crippen molar-refractivity contribution >= 4 is 5.97 Å². The molecule has 0 amide bonds. The van der Waals surface area contributed by atoms with Gasteiger partial charge in [-0.3, -0.25) is 4.79 Å². The Morgan fingerprint density at radius 2 is 2.38 bits per heavy atom. The molecule has 0 bridgehead atoms. The molecule has 0 aliphatic heterocycles. The third kappa shape index (κ3) is 2.35. The van der Waals surface area contributed by atoms with Gasteiger partial charge in [-0.25, -0.2) is 0 Å². The first-order chi connectivity index (χ1) is 7.66. The number of rotatable bonds is 4. The Bertz CT molecular complexity index is 415. The molecule has 1 aliphatic carbocycles. The van der Waals surface area contributed by atoms with E-state index in [0.29, 0.717) is 0 Å². The molecule has 1 atom stereocenters. The molecule has 3 nitrogen and oxygen atoms in total. The summed E-state index contributed by atoms with van der Waals surface area (Å²) in [5, 5.41) is 8.83. The molecule has 1 heterocycles. The molecule has 1 aliphatic rings. The minimum absolute atomic E-state index is 0.215. The third-order valence-corrected chi connectivity index (χ3v) is 3.22. The normalized spacial score (nSPS) is 19.8. The Morgan fingerprint density at radius 3 is 3.00 bits per heavy atom. The molecule has 0 spiro atoms. The highest BCUT2D eigenvalue weighted by Gasteiger charge is 2.22. The van der Waals surface area contributed by atoms with E-state index in [2.05, 4.69) is 6.08 Å². The summed E-state index contributed by atoms with van der Waals surface area (Å²) >= 11 is 0. The topological polar surface area (TPSA) is 50.4 Å². The number of hydrogen-bond acceptors (Lipinski definition) is 2. The van der Waals surface area contributed by atoms with E-state index in [9.17, 15) is 4.79 Å². The quantitative estimate of drug-likeness (QED) is 0.794. The monoisotopic (exact) mass is 220 g/mol. The molecule has 0 fully saturated rings. The molecule has 3 heteroatoms. The summed E-state index contributed by atoms with van der Waals surface area (Å²) in [6, 6.07) is 0. The number of furan rings is 1. The zero-order chi connectivity index (χ0) is 11.5. The second-order valence-electron chi connectivity index (χ2n) is 4.41. The average molecular weight is 220 g/mol. The van der Waals surface area contributed by atoms with Crippen LogP contribution >= 0.6 is 0 Å². The smallest absolute Gasteiger partial charge is 0.303 e. The first kappa shape index (κ1) is 11.0. The molecular weight excluding hydrogens is 204 g/mol. The van der Waals surface area contributed by atoms with Crippen LogP contribution in [0.3, 0.4) is 0 Å². The highest BCUT2D eigenvalue weighted by molar-refractivity contribution is 5.67. The Labute approximate surface area is 94.8 Å². The van der Waals surface area contributed by atoms with Crippen molar-refractivity contribution in [1.29, 1.82) is 0 Å². The van der Waals surface area contributed by atoms with Gasteiger partial charge in [0.05, 0.1) is 18.9 Å². The lowest BCUT2D eigenvalue weighted by atomic mass is 9.92. The number of aliphatic carboxylic acids is 1. The van der Waals surface area contributed by atoms with Crippen LogP contribution in [0, 0.1) is 12.8 Å². The van der Waals surface area contributed by atoms with Crippen molar-refractivity contribution in [1.82, 2.24) is 0 Å². The maximum atomic E-state index is 10.7. The van der Waals surface area contributed by atoms with Crippen LogP contribution in [0.25, 0.3) is 0 Å². The van der Waals surface area contributed by atoms with Crippen LogP contribution in [-0.2, 0) is 11.2 Å². The molecule has 0 saturated heterocycles. The van der Waals surface area contributed by atoms with Gasteiger partial charge in [0.1, 0.15) is 0 Å². The predicted molar refractivity (Wildman–Crippen MR) is 60.2 cm³/mol. The number of allylic oxidation sites excluding steroid dienone is 2. The van der Waals surface area contributed by atoms with Gasteiger partial charge in [0.25, 0.3) is 0 Å². The van der Waals surface area contributed by atoms with Crippen molar-refractivity contribution in [2.75, 3.05) is 0 Å². The van der Waals surface area contributed by atoms with Crippen LogP contribution in [0.15, 0.2) is 28.6 Å². The molecule has 1 aromatic heterocycles. The van der Waals surface area contributed by atoms with E-state index in [1.165, 1.54) is 11.1 Å². The van der Waals surface area contributed by atoms with Gasteiger partial charge in [-0.2, -0.15) is 0 Å². The lowest BCUT2D eigenvalue weighted by Crippen LogP contribution is -2.08. The summed E-state index contributed by atoms with van der Waals surface area (Å²) in [5.74, 6) is -0.492. The van der Waals surface area contributed by atoms with Gasteiger partial charge < -0.3 is 9.52 Å². The molecule has 1 unspecified atom stereocenters. The fraction of sp³-hybridized carbons (Fsp3) is 0.462. The Morgan fingerprint density at radius 1 is 1.56 bits per heavy atom. The van der Waals surface area contributed by atoms with Crippen molar-refractivity contribution < 1.29 is 14.3 Å². The molecule has 16 heavy (non-hydrogen) atoms. The lowest BCUT2D eigenvalue weighted by molar-refractivity contribution is -0.137. The van der Waals surface area contributed by atoms with Gasteiger partial charge in [0, 0.05) is 0 Å². The summed E-state index contributed by atoms with van der Waals surface area (Å²) in [5.41, 5.74) is 3.57. The standard InChI is InChI=1S/C13H16O3/c1-9-7-16-8-12(9)5-10-3-2-4-11(10)6-13(14)15/h3,7-8,11H,2,4-6H2,1H3,(H,14,15). The Balaban J connectivity index is 2.04.